The molecular formula is C16H28N2. The van der Waals surface area contributed by atoms with Crippen LogP contribution in [0.5, 0.6) is 0 Å². The Morgan fingerprint density at radius 2 is 1.44 bits per heavy atom. The summed E-state index contributed by atoms with van der Waals surface area (Å²) in [5.41, 5.74) is 14.6. The van der Waals surface area contributed by atoms with Crippen molar-refractivity contribution in [3.05, 3.63) is 23.8 Å². The molecule has 0 radical (unpaired) electrons. The van der Waals surface area contributed by atoms with E-state index in [1.165, 1.54) is 56.9 Å². The van der Waals surface area contributed by atoms with E-state index >= 15 is 0 Å². The van der Waals surface area contributed by atoms with Crippen LogP contribution in [0.1, 0.15) is 63.9 Å². The summed E-state index contributed by atoms with van der Waals surface area (Å²) in [6, 6.07) is 5.79. The molecule has 0 atom stereocenters. The standard InChI is InChI=1S/C16H28N2/c1-2-3-4-5-6-7-8-9-10-14-13-15(17)11-12-16(14)18/h11-13H,2-10,17-18H2,1H3. The molecule has 2 heteroatoms. The Kier molecular flexibility index (Phi) is 7.31. The molecule has 0 saturated carbocycles. The van der Waals surface area contributed by atoms with Crippen molar-refractivity contribution in [2.45, 2.75) is 64.7 Å². The van der Waals surface area contributed by atoms with Crippen molar-refractivity contribution in [2.24, 2.45) is 0 Å². The first-order valence-corrected chi connectivity index (χ1v) is 7.38. The lowest BCUT2D eigenvalue weighted by atomic mass is 10.0. The van der Waals surface area contributed by atoms with E-state index in [0.717, 1.165) is 17.8 Å². The molecule has 0 aliphatic rings. The van der Waals surface area contributed by atoms with Gasteiger partial charge in [-0.3, -0.25) is 0 Å². The molecule has 0 heterocycles. The molecule has 4 N–H and O–H groups in total. The maximum Gasteiger partial charge on any atom is 0.0348 e. The topological polar surface area (TPSA) is 52.0 Å². The molecule has 0 amide bonds. The van der Waals surface area contributed by atoms with E-state index in [4.69, 9.17) is 11.5 Å². The molecule has 1 aromatic carbocycles. The highest BCUT2D eigenvalue weighted by Crippen LogP contribution is 2.18. The van der Waals surface area contributed by atoms with Crippen LogP contribution in [0.25, 0.3) is 0 Å². The molecule has 0 spiro atoms. The van der Waals surface area contributed by atoms with E-state index in [2.05, 4.69) is 6.92 Å². The maximum absolute atomic E-state index is 5.93. The third kappa shape index (κ3) is 5.95. The summed E-state index contributed by atoms with van der Waals surface area (Å²) in [7, 11) is 0. The molecule has 0 bridgehead atoms. The lowest BCUT2D eigenvalue weighted by Crippen LogP contribution is -1.96. The van der Waals surface area contributed by atoms with Gasteiger partial charge in [0.1, 0.15) is 0 Å². The Labute approximate surface area is 112 Å². The number of unbranched alkanes of at least 4 members (excludes halogenated alkanes) is 7. The van der Waals surface area contributed by atoms with Gasteiger partial charge in [-0.1, -0.05) is 51.9 Å². The lowest BCUT2D eigenvalue weighted by Gasteiger charge is -2.06. The molecule has 0 aromatic heterocycles. The number of hydrogen-bond donors (Lipinski definition) is 2. The molecule has 0 fully saturated rings. The average molecular weight is 248 g/mol. The molecule has 102 valence electrons. The van der Waals surface area contributed by atoms with Crippen LogP contribution < -0.4 is 11.5 Å². The van der Waals surface area contributed by atoms with Gasteiger partial charge in [-0.25, -0.2) is 0 Å². The minimum Gasteiger partial charge on any atom is -0.399 e. The smallest absolute Gasteiger partial charge is 0.0348 e. The van der Waals surface area contributed by atoms with Gasteiger partial charge in [0.25, 0.3) is 0 Å². The summed E-state index contributed by atoms with van der Waals surface area (Å²) >= 11 is 0. The van der Waals surface area contributed by atoms with Gasteiger partial charge in [-0.05, 0) is 36.6 Å². The van der Waals surface area contributed by atoms with E-state index in [1.54, 1.807) is 0 Å². The quantitative estimate of drug-likeness (QED) is 0.498. The van der Waals surface area contributed by atoms with Crippen LogP contribution in [0.2, 0.25) is 0 Å². The van der Waals surface area contributed by atoms with E-state index in [9.17, 15) is 0 Å². The molecule has 2 nitrogen and oxygen atoms in total. The fourth-order valence-corrected chi connectivity index (χ4v) is 2.29. The summed E-state index contributed by atoms with van der Waals surface area (Å²) in [5, 5.41) is 0. The van der Waals surface area contributed by atoms with Gasteiger partial charge in [-0.15, -0.1) is 0 Å². The van der Waals surface area contributed by atoms with Crippen molar-refractivity contribution in [3.63, 3.8) is 0 Å². The van der Waals surface area contributed by atoms with Crippen molar-refractivity contribution in [2.75, 3.05) is 11.5 Å². The van der Waals surface area contributed by atoms with E-state index in [0.29, 0.717) is 0 Å². The molecule has 0 saturated heterocycles. The fourth-order valence-electron chi connectivity index (χ4n) is 2.29. The third-order valence-corrected chi connectivity index (χ3v) is 3.47. The Bertz CT molecular complexity index is 334. The second kappa shape index (κ2) is 8.84. The summed E-state index contributed by atoms with van der Waals surface area (Å²) in [6.45, 7) is 2.26. The predicted octanol–water partition coefficient (Wildman–Crippen LogP) is 4.53. The molecular weight excluding hydrogens is 220 g/mol. The van der Waals surface area contributed by atoms with Gasteiger partial charge < -0.3 is 11.5 Å². The zero-order chi connectivity index (χ0) is 13.2. The normalized spacial score (nSPS) is 10.7. The van der Waals surface area contributed by atoms with Crippen molar-refractivity contribution in [1.82, 2.24) is 0 Å². The number of nitrogen functional groups attached to an aromatic ring is 2. The van der Waals surface area contributed by atoms with Crippen LogP contribution in [0.4, 0.5) is 11.4 Å². The van der Waals surface area contributed by atoms with Crippen molar-refractivity contribution >= 4 is 11.4 Å². The molecule has 18 heavy (non-hydrogen) atoms. The fraction of sp³-hybridized carbons (Fsp3) is 0.625. The highest BCUT2D eigenvalue weighted by atomic mass is 14.6. The molecule has 0 unspecified atom stereocenters. The first kappa shape index (κ1) is 14.9. The number of anilines is 2. The first-order chi connectivity index (χ1) is 8.74. The summed E-state index contributed by atoms with van der Waals surface area (Å²) in [6.07, 6.45) is 11.8. The van der Waals surface area contributed by atoms with Gasteiger partial charge in [0.15, 0.2) is 0 Å². The summed E-state index contributed by atoms with van der Waals surface area (Å²) < 4.78 is 0. The number of aryl methyl sites for hydroxylation is 1. The van der Waals surface area contributed by atoms with Crippen LogP contribution in [0.15, 0.2) is 18.2 Å². The van der Waals surface area contributed by atoms with Gasteiger partial charge in [0, 0.05) is 11.4 Å². The van der Waals surface area contributed by atoms with Gasteiger partial charge in [0.05, 0.1) is 0 Å². The van der Waals surface area contributed by atoms with E-state index < -0.39 is 0 Å². The Morgan fingerprint density at radius 3 is 2.11 bits per heavy atom. The van der Waals surface area contributed by atoms with E-state index in [1.807, 2.05) is 18.2 Å². The van der Waals surface area contributed by atoms with Crippen LogP contribution in [0.3, 0.4) is 0 Å². The molecule has 1 aromatic rings. The second-order valence-corrected chi connectivity index (χ2v) is 5.18. The monoisotopic (exact) mass is 248 g/mol. The zero-order valence-corrected chi connectivity index (χ0v) is 11.8. The minimum absolute atomic E-state index is 0.818. The third-order valence-electron chi connectivity index (χ3n) is 3.47. The Morgan fingerprint density at radius 1 is 0.833 bits per heavy atom. The second-order valence-electron chi connectivity index (χ2n) is 5.18. The lowest BCUT2D eigenvalue weighted by molar-refractivity contribution is 0.576. The zero-order valence-electron chi connectivity index (χ0n) is 11.8. The average Bonchev–Trinajstić information content (AvgIpc) is 2.36. The van der Waals surface area contributed by atoms with Crippen LogP contribution in [0, 0.1) is 0 Å². The number of benzene rings is 1. The Balaban J connectivity index is 2.09. The van der Waals surface area contributed by atoms with Crippen LogP contribution >= 0.6 is 0 Å². The first-order valence-electron chi connectivity index (χ1n) is 7.38. The molecule has 1 rings (SSSR count). The highest BCUT2D eigenvalue weighted by Gasteiger charge is 2.00. The number of rotatable bonds is 9. The highest BCUT2D eigenvalue weighted by molar-refractivity contribution is 5.55. The van der Waals surface area contributed by atoms with Gasteiger partial charge >= 0.3 is 0 Å². The maximum atomic E-state index is 5.93. The number of hydrogen-bond acceptors (Lipinski definition) is 2. The predicted molar refractivity (Wildman–Crippen MR) is 81.6 cm³/mol. The summed E-state index contributed by atoms with van der Waals surface area (Å²) in [5.74, 6) is 0. The minimum atomic E-state index is 0.818. The summed E-state index contributed by atoms with van der Waals surface area (Å²) in [4.78, 5) is 0. The van der Waals surface area contributed by atoms with Crippen LogP contribution in [-0.2, 0) is 6.42 Å². The largest absolute Gasteiger partial charge is 0.399 e. The Hall–Kier alpha value is -1.18. The van der Waals surface area contributed by atoms with Crippen molar-refractivity contribution in [1.29, 1.82) is 0 Å². The SMILES string of the molecule is CCCCCCCCCCc1cc(N)ccc1N. The molecule has 0 aliphatic heterocycles. The molecule has 0 aliphatic carbocycles. The van der Waals surface area contributed by atoms with E-state index in [-0.39, 0.29) is 0 Å². The number of nitrogens with two attached hydrogens (primary N) is 2. The van der Waals surface area contributed by atoms with Crippen molar-refractivity contribution < 1.29 is 0 Å². The van der Waals surface area contributed by atoms with Gasteiger partial charge in [0.2, 0.25) is 0 Å². The van der Waals surface area contributed by atoms with Crippen molar-refractivity contribution in [3.8, 4) is 0 Å². The van der Waals surface area contributed by atoms with Crippen LogP contribution in [-0.4, -0.2) is 0 Å². The van der Waals surface area contributed by atoms with Gasteiger partial charge in [-0.2, -0.15) is 0 Å².